The highest BCUT2D eigenvalue weighted by Crippen LogP contribution is 2.12. The van der Waals surface area contributed by atoms with Gasteiger partial charge in [0.05, 0.1) is 10.7 Å². The lowest BCUT2D eigenvalue weighted by molar-refractivity contribution is 0.300. The van der Waals surface area contributed by atoms with E-state index in [1.165, 1.54) is 23.0 Å². The quantitative estimate of drug-likeness (QED) is 0.566. The van der Waals surface area contributed by atoms with Gasteiger partial charge in [-0.3, -0.25) is 19.1 Å². The first-order valence-corrected chi connectivity index (χ1v) is 8.58. The molecule has 0 aliphatic rings. The fraction of sp³-hybridized carbons (Fsp3) is 0.167. The second kappa shape index (κ2) is 8.52. The first kappa shape index (κ1) is 18.7. The number of hydrogen-bond donors (Lipinski definition) is 3. The molecule has 0 aromatic carbocycles. The average Bonchev–Trinajstić information content (AvgIpc) is 2.66. The summed E-state index contributed by atoms with van der Waals surface area (Å²) in [7, 11) is 0. The maximum atomic E-state index is 12.4. The zero-order chi connectivity index (χ0) is 19.2. The van der Waals surface area contributed by atoms with Crippen LogP contribution in [0.5, 0.6) is 5.75 Å². The van der Waals surface area contributed by atoms with Crippen molar-refractivity contribution in [1.82, 2.24) is 14.5 Å². The van der Waals surface area contributed by atoms with Gasteiger partial charge in [0, 0.05) is 31.5 Å². The average molecular weight is 388 g/mol. The van der Waals surface area contributed by atoms with Crippen molar-refractivity contribution in [3.8, 4) is 11.4 Å². The summed E-state index contributed by atoms with van der Waals surface area (Å²) in [5.41, 5.74) is 5.53. The molecule has 8 nitrogen and oxygen atoms in total. The van der Waals surface area contributed by atoms with Crippen LogP contribution in [0.25, 0.3) is 5.69 Å². The molecule has 0 aliphatic heterocycles. The van der Waals surface area contributed by atoms with Crippen LogP contribution in [0.1, 0.15) is 5.69 Å². The largest absolute Gasteiger partial charge is 0.487 e. The number of pyridine rings is 3. The number of aromatic amines is 1. The summed E-state index contributed by atoms with van der Waals surface area (Å²) in [6.45, 7) is 1.17. The SMILES string of the molecule is NCCNc1ccc(-n2ccc(OCc3ccc(Cl)cn3)cc2=O)c(=O)[nH]1. The number of anilines is 1. The van der Waals surface area contributed by atoms with Gasteiger partial charge in [-0.2, -0.15) is 0 Å². The van der Waals surface area contributed by atoms with Crippen molar-refractivity contribution in [2.24, 2.45) is 5.73 Å². The Balaban J connectivity index is 1.75. The lowest BCUT2D eigenvalue weighted by Crippen LogP contribution is -2.25. The van der Waals surface area contributed by atoms with Crippen LogP contribution < -0.4 is 26.9 Å². The van der Waals surface area contributed by atoms with Crippen molar-refractivity contribution in [2.75, 3.05) is 18.4 Å². The van der Waals surface area contributed by atoms with Crippen molar-refractivity contribution in [2.45, 2.75) is 6.61 Å². The fourth-order valence-electron chi connectivity index (χ4n) is 2.36. The van der Waals surface area contributed by atoms with Crippen LogP contribution in [-0.4, -0.2) is 27.6 Å². The molecule has 9 heteroatoms. The summed E-state index contributed by atoms with van der Waals surface area (Å²) in [5, 5.41) is 3.51. The first-order valence-electron chi connectivity index (χ1n) is 8.20. The van der Waals surface area contributed by atoms with Gasteiger partial charge in [0.25, 0.3) is 11.1 Å². The number of ether oxygens (including phenoxy) is 1. The van der Waals surface area contributed by atoms with E-state index in [0.29, 0.717) is 35.4 Å². The van der Waals surface area contributed by atoms with E-state index in [2.05, 4.69) is 15.3 Å². The number of rotatable bonds is 7. The highest BCUT2D eigenvalue weighted by Gasteiger charge is 2.07. The predicted octanol–water partition coefficient (Wildman–Crippen LogP) is 1.52. The minimum Gasteiger partial charge on any atom is -0.487 e. The van der Waals surface area contributed by atoms with Gasteiger partial charge in [-0.15, -0.1) is 0 Å². The molecule has 3 aromatic rings. The van der Waals surface area contributed by atoms with E-state index in [0.717, 1.165) is 0 Å². The van der Waals surface area contributed by atoms with Crippen LogP contribution in [-0.2, 0) is 6.61 Å². The van der Waals surface area contributed by atoms with Crippen molar-refractivity contribution >= 4 is 17.4 Å². The van der Waals surface area contributed by atoms with Crippen LogP contribution in [0, 0.1) is 0 Å². The fourth-order valence-corrected chi connectivity index (χ4v) is 2.48. The number of hydrogen-bond acceptors (Lipinski definition) is 6. The molecule has 0 radical (unpaired) electrons. The van der Waals surface area contributed by atoms with E-state index in [1.54, 1.807) is 30.3 Å². The Morgan fingerprint density at radius 1 is 1.22 bits per heavy atom. The van der Waals surface area contributed by atoms with E-state index in [-0.39, 0.29) is 17.9 Å². The summed E-state index contributed by atoms with van der Waals surface area (Å²) >= 11 is 5.79. The molecule has 0 saturated carbocycles. The molecule has 0 amide bonds. The second-order valence-electron chi connectivity index (χ2n) is 5.63. The highest BCUT2D eigenvalue weighted by molar-refractivity contribution is 6.30. The van der Waals surface area contributed by atoms with Crippen LogP contribution in [0.15, 0.2) is 58.4 Å². The molecule has 140 valence electrons. The van der Waals surface area contributed by atoms with E-state index in [4.69, 9.17) is 22.1 Å². The van der Waals surface area contributed by atoms with Gasteiger partial charge in [-0.25, -0.2) is 0 Å². The first-order chi connectivity index (χ1) is 13.1. The van der Waals surface area contributed by atoms with Gasteiger partial charge in [0.1, 0.15) is 23.9 Å². The number of nitrogens with two attached hydrogens (primary N) is 1. The Morgan fingerprint density at radius 3 is 2.74 bits per heavy atom. The molecule has 0 spiro atoms. The third-order valence-corrected chi connectivity index (χ3v) is 3.90. The Bertz CT molecular complexity index is 1030. The molecular formula is C18H18ClN5O3. The van der Waals surface area contributed by atoms with Crippen LogP contribution in [0.2, 0.25) is 5.02 Å². The zero-order valence-electron chi connectivity index (χ0n) is 14.3. The number of halogens is 1. The standard InChI is InChI=1S/C18H18ClN5O3/c19-12-1-2-13(22-10-12)11-27-14-5-8-24(17(25)9-14)15-3-4-16(21-7-6-20)23-18(15)26/h1-5,8-10H,6-7,11,20H2,(H2,21,23,26). The van der Waals surface area contributed by atoms with Gasteiger partial charge in [-0.05, 0) is 30.3 Å². The molecule has 0 saturated heterocycles. The minimum absolute atomic E-state index is 0.197. The summed E-state index contributed by atoms with van der Waals surface area (Å²) in [4.78, 5) is 31.4. The molecule has 27 heavy (non-hydrogen) atoms. The minimum atomic E-state index is -0.391. The maximum absolute atomic E-state index is 12.4. The van der Waals surface area contributed by atoms with E-state index in [1.807, 2.05) is 0 Å². The predicted molar refractivity (Wildman–Crippen MR) is 104 cm³/mol. The Labute approximate surface area is 159 Å². The van der Waals surface area contributed by atoms with Gasteiger partial charge in [0.2, 0.25) is 0 Å². The Kier molecular flexibility index (Phi) is 5.90. The van der Waals surface area contributed by atoms with Crippen LogP contribution >= 0.6 is 11.6 Å². The lowest BCUT2D eigenvalue weighted by atomic mass is 10.3. The topological polar surface area (TPSA) is 115 Å². The van der Waals surface area contributed by atoms with Crippen molar-refractivity contribution in [1.29, 1.82) is 0 Å². The summed E-state index contributed by atoms with van der Waals surface area (Å²) in [6, 6.07) is 9.62. The molecule has 0 fully saturated rings. The van der Waals surface area contributed by atoms with Gasteiger partial charge in [-0.1, -0.05) is 11.6 Å². The maximum Gasteiger partial charge on any atom is 0.273 e. The second-order valence-corrected chi connectivity index (χ2v) is 6.07. The van der Waals surface area contributed by atoms with Crippen molar-refractivity contribution < 1.29 is 4.74 Å². The normalized spacial score (nSPS) is 10.6. The molecule has 3 heterocycles. The zero-order valence-corrected chi connectivity index (χ0v) is 15.1. The smallest absolute Gasteiger partial charge is 0.273 e. The van der Waals surface area contributed by atoms with Gasteiger partial charge >= 0.3 is 0 Å². The lowest BCUT2D eigenvalue weighted by Gasteiger charge is -2.09. The Hall–Kier alpha value is -3.10. The van der Waals surface area contributed by atoms with Crippen LogP contribution in [0.4, 0.5) is 5.82 Å². The third-order valence-electron chi connectivity index (χ3n) is 3.67. The highest BCUT2D eigenvalue weighted by atomic mass is 35.5. The number of nitrogens with zero attached hydrogens (tertiary/aromatic N) is 2. The number of aromatic nitrogens is 3. The molecule has 0 bridgehead atoms. The number of H-pyrrole nitrogens is 1. The monoisotopic (exact) mass is 387 g/mol. The summed E-state index contributed by atoms with van der Waals surface area (Å²) in [5.74, 6) is 0.920. The number of nitrogens with one attached hydrogen (secondary N) is 2. The molecule has 4 N–H and O–H groups in total. The molecule has 3 aromatic heterocycles. The summed E-state index contributed by atoms with van der Waals surface area (Å²) < 4.78 is 6.82. The van der Waals surface area contributed by atoms with Crippen molar-refractivity contribution in [3.05, 3.63) is 80.2 Å². The van der Waals surface area contributed by atoms with Crippen molar-refractivity contribution in [3.63, 3.8) is 0 Å². The molecule has 0 unspecified atom stereocenters. The van der Waals surface area contributed by atoms with Crippen LogP contribution in [0.3, 0.4) is 0 Å². The molecule has 0 atom stereocenters. The van der Waals surface area contributed by atoms with Gasteiger partial charge < -0.3 is 20.8 Å². The summed E-state index contributed by atoms with van der Waals surface area (Å²) in [6.07, 6.45) is 3.01. The molecular weight excluding hydrogens is 370 g/mol. The Morgan fingerprint density at radius 2 is 2.07 bits per heavy atom. The molecule has 0 aliphatic carbocycles. The molecule has 3 rings (SSSR count). The third kappa shape index (κ3) is 4.75. The van der Waals surface area contributed by atoms with E-state index >= 15 is 0 Å². The van der Waals surface area contributed by atoms with E-state index < -0.39 is 5.56 Å². The van der Waals surface area contributed by atoms with Gasteiger partial charge in [0.15, 0.2) is 0 Å². The van der Waals surface area contributed by atoms with E-state index in [9.17, 15) is 9.59 Å².